The number of piperidine rings is 1. The summed E-state index contributed by atoms with van der Waals surface area (Å²) in [7, 11) is 2.22. The number of rotatable bonds is 7. The summed E-state index contributed by atoms with van der Waals surface area (Å²) in [6.07, 6.45) is 12.7. The van der Waals surface area contributed by atoms with Crippen molar-refractivity contribution in [2.24, 2.45) is 11.8 Å². The van der Waals surface area contributed by atoms with Gasteiger partial charge in [-0.15, -0.1) is 0 Å². The number of amides is 1. The summed E-state index contributed by atoms with van der Waals surface area (Å²) in [6.45, 7) is 10.7. The summed E-state index contributed by atoms with van der Waals surface area (Å²) < 4.78 is 18.2. The molecule has 5 aliphatic rings. The van der Waals surface area contributed by atoms with E-state index < -0.39 is 0 Å². The minimum absolute atomic E-state index is 0.0346. The van der Waals surface area contributed by atoms with Gasteiger partial charge in [0.15, 0.2) is 0 Å². The van der Waals surface area contributed by atoms with Gasteiger partial charge in [0, 0.05) is 13.1 Å². The number of ether oxygens (including phenoxy) is 3. The van der Waals surface area contributed by atoms with E-state index in [0.717, 1.165) is 51.1 Å². The van der Waals surface area contributed by atoms with Gasteiger partial charge in [-0.1, -0.05) is 11.6 Å². The predicted octanol–water partition coefficient (Wildman–Crippen LogP) is 4.77. The third kappa shape index (κ3) is 5.13. The molecule has 0 aromatic rings. The number of hydrogen-bond acceptors (Lipinski definition) is 5. The van der Waals surface area contributed by atoms with Crippen LogP contribution >= 0.6 is 0 Å². The Hall–Kier alpha value is -1.11. The average Bonchev–Trinajstić information content (AvgIpc) is 3.64. The Kier molecular flexibility index (Phi) is 6.56. The number of hydrogen-bond donors (Lipinski definition) is 0. The molecule has 1 amide bonds. The maximum absolute atomic E-state index is 12.6. The van der Waals surface area contributed by atoms with E-state index in [2.05, 4.69) is 38.8 Å². The molecule has 1 spiro atoms. The Balaban J connectivity index is 0.974. The zero-order chi connectivity index (χ0) is 23.2. The van der Waals surface area contributed by atoms with E-state index in [-0.39, 0.29) is 35.6 Å². The highest BCUT2D eigenvalue weighted by Crippen LogP contribution is 2.60. The molecule has 1 aliphatic carbocycles. The van der Waals surface area contributed by atoms with E-state index in [9.17, 15) is 4.79 Å². The molecule has 0 bridgehead atoms. The number of allylic oxidation sites excluding steroid dienone is 1. The Labute approximate surface area is 200 Å². The second-order valence-electron chi connectivity index (χ2n) is 12.0. The lowest BCUT2D eigenvalue weighted by atomic mass is 9.80. The van der Waals surface area contributed by atoms with Gasteiger partial charge in [-0.05, 0) is 111 Å². The summed E-state index contributed by atoms with van der Waals surface area (Å²) in [5, 5.41) is 0. The largest absolute Gasteiger partial charge is 0.446 e. The van der Waals surface area contributed by atoms with Gasteiger partial charge in [-0.2, -0.15) is 0 Å². The van der Waals surface area contributed by atoms with Crippen LogP contribution in [0.5, 0.6) is 0 Å². The van der Waals surface area contributed by atoms with E-state index in [1.165, 1.54) is 44.3 Å². The number of carbonyl (C=O) groups is 1. The van der Waals surface area contributed by atoms with Crippen molar-refractivity contribution in [1.82, 2.24) is 9.80 Å². The van der Waals surface area contributed by atoms with Crippen LogP contribution in [0.15, 0.2) is 11.6 Å². The zero-order valence-corrected chi connectivity index (χ0v) is 21.2. The molecule has 0 aromatic carbocycles. The molecule has 0 radical (unpaired) electrons. The van der Waals surface area contributed by atoms with Crippen molar-refractivity contribution in [2.45, 2.75) is 108 Å². The summed E-state index contributed by atoms with van der Waals surface area (Å²) in [5.41, 5.74) is 1.18. The van der Waals surface area contributed by atoms with Crippen molar-refractivity contribution < 1.29 is 19.0 Å². The van der Waals surface area contributed by atoms with E-state index >= 15 is 0 Å². The molecule has 6 heteroatoms. The first kappa shape index (κ1) is 23.6. The topological polar surface area (TPSA) is 57.8 Å². The lowest BCUT2D eigenvalue weighted by Crippen LogP contribution is -2.51. The van der Waals surface area contributed by atoms with Crippen LogP contribution in [-0.2, 0) is 14.2 Å². The van der Waals surface area contributed by atoms with Crippen molar-refractivity contribution in [3.05, 3.63) is 11.6 Å². The fraction of sp³-hybridized carbons (Fsp3) is 0.889. The number of likely N-dealkylation sites (tertiary alicyclic amines) is 2. The molecule has 5 rings (SSSR count). The van der Waals surface area contributed by atoms with Crippen molar-refractivity contribution in [3.8, 4) is 0 Å². The highest BCUT2D eigenvalue weighted by atomic mass is 16.7. The van der Waals surface area contributed by atoms with Crippen LogP contribution in [0.25, 0.3) is 0 Å². The minimum Gasteiger partial charge on any atom is -0.446 e. The van der Waals surface area contributed by atoms with E-state index in [4.69, 9.17) is 14.2 Å². The summed E-state index contributed by atoms with van der Waals surface area (Å²) in [5.74, 6) is 1.56. The van der Waals surface area contributed by atoms with Gasteiger partial charge in [0.1, 0.15) is 17.8 Å². The normalized spacial score (nSPS) is 39.3. The first-order valence-corrected chi connectivity index (χ1v) is 13.4. The van der Waals surface area contributed by atoms with Gasteiger partial charge in [0.25, 0.3) is 0 Å². The average molecular weight is 461 g/mol. The third-order valence-electron chi connectivity index (χ3n) is 9.10. The number of epoxide rings is 2. The lowest BCUT2D eigenvalue weighted by Gasteiger charge is -2.40. The first-order valence-electron chi connectivity index (χ1n) is 13.4. The van der Waals surface area contributed by atoms with Crippen LogP contribution in [0.2, 0.25) is 0 Å². The smallest absolute Gasteiger partial charge is 0.410 e. The molecule has 186 valence electrons. The van der Waals surface area contributed by atoms with Crippen LogP contribution in [-0.4, -0.2) is 78.6 Å². The molecular formula is C27H44N2O4. The quantitative estimate of drug-likeness (QED) is 0.405. The van der Waals surface area contributed by atoms with Crippen LogP contribution in [0.1, 0.15) is 78.6 Å². The van der Waals surface area contributed by atoms with Crippen molar-refractivity contribution in [2.75, 3.05) is 33.2 Å². The summed E-state index contributed by atoms with van der Waals surface area (Å²) in [4.78, 5) is 16.9. The summed E-state index contributed by atoms with van der Waals surface area (Å²) >= 11 is 0. The molecule has 3 atom stereocenters. The SMILES string of the molecule is CC(C)=CC[C@H]1O[C@@]1(C)C1OC12CCC(OC(=O)N1CC(CCC3CCN(C)CC3)C1)CC2. The summed E-state index contributed by atoms with van der Waals surface area (Å²) in [6, 6.07) is 0. The van der Waals surface area contributed by atoms with Crippen LogP contribution in [0.3, 0.4) is 0 Å². The maximum atomic E-state index is 12.6. The second-order valence-corrected chi connectivity index (χ2v) is 12.0. The van der Waals surface area contributed by atoms with E-state index in [0.29, 0.717) is 5.92 Å². The van der Waals surface area contributed by atoms with Gasteiger partial charge in [0.05, 0.1) is 11.7 Å². The Morgan fingerprint density at radius 3 is 2.36 bits per heavy atom. The Morgan fingerprint density at radius 2 is 1.70 bits per heavy atom. The van der Waals surface area contributed by atoms with Crippen LogP contribution in [0, 0.1) is 11.8 Å². The molecule has 4 aliphatic heterocycles. The fourth-order valence-corrected chi connectivity index (χ4v) is 6.49. The maximum Gasteiger partial charge on any atom is 0.410 e. The van der Waals surface area contributed by atoms with Crippen molar-refractivity contribution >= 4 is 6.09 Å². The molecule has 0 N–H and O–H groups in total. The zero-order valence-electron chi connectivity index (χ0n) is 21.2. The van der Waals surface area contributed by atoms with Gasteiger partial charge in [-0.3, -0.25) is 0 Å². The van der Waals surface area contributed by atoms with E-state index in [1.54, 1.807) is 0 Å². The monoisotopic (exact) mass is 460 g/mol. The molecule has 5 fully saturated rings. The fourth-order valence-electron chi connectivity index (χ4n) is 6.49. The van der Waals surface area contributed by atoms with Crippen LogP contribution < -0.4 is 0 Å². The standard InChI is InChI=1S/C27H44N2O4/c1-19(2)5-8-23-26(3,32-23)24-27(33-24)13-9-22(10-14-27)31-25(30)29-17-21(18-29)7-6-20-11-15-28(4)16-12-20/h5,20-24H,6-18H2,1-4H3/t22?,23-,24?,26-,27?/m1/s1. The van der Waals surface area contributed by atoms with E-state index in [1.807, 2.05) is 4.90 Å². The second kappa shape index (κ2) is 9.16. The molecule has 6 nitrogen and oxygen atoms in total. The molecule has 4 heterocycles. The molecule has 4 saturated heterocycles. The molecule has 33 heavy (non-hydrogen) atoms. The Morgan fingerprint density at radius 1 is 1.03 bits per heavy atom. The number of carbonyl (C=O) groups excluding carboxylic acids is 1. The molecular weight excluding hydrogens is 416 g/mol. The van der Waals surface area contributed by atoms with Gasteiger partial charge in [0.2, 0.25) is 0 Å². The molecule has 0 aromatic heterocycles. The van der Waals surface area contributed by atoms with Gasteiger partial charge < -0.3 is 24.0 Å². The Bertz CT molecular complexity index is 743. The molecule has 1 saturated carbocycles. The third-order valence-corrected chi connectivity index (χ3v) is 9.10. The van der Waals surface area contributed by atoms with Gasteiger partial charge in [-0.25, -0.2) is 4.79 Å². The van der Waals surface area contributed by atoms with Crippen molar-refractivity contribution in [1.29, 1.82) is 0 Å². The lowest BCUT2D eigenvalue weighted by molar-refractivity contribution is 0.00511. The van der Waals surface area contributed by atoms with Gasteiger partial charge >= 0.3 is 6.09 Å². The first-order chi connectivity index (χ1) is 15.8. The minimum atomic E-state index is -0.129. The van der Waals surface area contributed by atoms with Crippen LogP contribution in [0.4, 0.5) is 4.79 Å². The molecule has 1 unspecified atom stereocenters. The highest BCUT2D eigenvalue weighted by Gasteiger charge is 2.73. The predicted molar refractivity (Wildman–Crippen MR) is 128 cm³/mol. The van der Waals surface area contributed by atoms with Crippen molar-refractivity contribution in [3.63, 3.8) is 0 Å². The number of nitrogens with zero attached hydrogens (tertiary/aromatic N) is 2. The highest BCUT2D eigenvalue weighted by molar-refractivity contribution is 5.68.